The van der Waals surface area contributed by atoms with E-state index < -0.39 is 78.6 Å². The van der Waals surface area contributed by atoms with Crippen LogP contribution in [0.4, 0.5) is 0 Å². The number of carbonyl (C=O) groups excluding carboxylic acids is 5. The van der Waals surface area contributed by atoms with Gasteiger partial charge in [0.25, 0.3) is 0 Å². The van der Waals surface area contributed by atoms with Crippen molar-refractivity contribution in [2.75, 3.05) is 19.7 Å². The number of aliphatic hydroxyl groups excluding tert-OH is 3. The van der Waals surface area contributed by atoms with Gasteiger partial charge in [-0.05, 0) is 91.1 Å². The first-order valence-electron chi connectivity index (χ1n) is 20.0. The van der Waals surface area contributed by atoms with Crippen LogP contribution >= 0.6 is 0 Å². The summed E-state index contributed by atoms with van der Waals surface area (Å²) in [6, 6.07) is -7.31. The highest BCUT2D eigenvalue weighted by atomic mass is 16.4. The van der Waals surface area contributed by atoms with Crippen LogP contribution in [0.5, 0.6) is 0 Å². The molecule has 0 bridgehead atoms. The summed E-state index contributed by atoms with van der Waals surface area (Å²) in [5.74, 6) is -5.57. The van der Waals surface area contributed by atoms with Crippen molar-refractivity contribution in [3.63, 3.8) is 0 Å². The molecule has 17 heteroatoms. The molecule has 0 spiro atoms. The Morgan fingerprint density at radius 3 is 1.55 bits per heavy atom. The lowest BCUT2D eigenvalue weighted by Gasteiger charge is -2.29. The average molecular weight is 786 g/mol. The normalized spacial score (nSPS) is 15.2. The number of unbranched alkanes of at least 4 members (excludes halogenated alkanes) is 10. The van der Waals surface area contributed by atoms with Crippen molar-refractivity contribution in [2.45, 2.75) is 172 Å². The fourth-order valence-corrected chi connectivity index (χ4v) is 5.65. The first kappa shape index (κ1) is 51.4. The average Bonchev–Trinajstić information content (AvgIpc) is 3.14. The van der Waals surface area contributed by atoms with Crippen LogP contribution in [0.3, 0.4) is 0 Å². The van der Waals surface area contributed by atoms with E-state index in [1.165, 1.54) is 39.5 Å². The van der Waals surface area contributed by atoms with Crippen LogP contribution in [0.15, 0.2) is 12.2 Å². The Morgan fingerprint density at radius 1 is 0.564 bits per heavy atom. The number of hydrogen-bond donors (Lipinski definition) is 11. The van der Waals surface area contributed by atoms with Crippen LogP contribution in [-0.2, 0) is 28.8 Å². The summed E-state index contributed by atoms with van der Waals surface area (Å²) in [6.45, 7) is 4.22. The van der Waals surface area contributed by atoms with Crippen LogP contribution < -0.4 is 38.1 Å². The molecule has 318 valence electrons. The van der Waals surface area contributed by atoms with E-state index in [4.69, 9.17) is 11.5 Å². The summed E-state index contributed by atoms with van der Waals surface area (Å²) < 4.78 is 0. The van der Waals surface area contributed by atoms with Gasteiger partial charge in [0, 0.05) is 6.42 Å². The molecule has 0 aliphatic heterocycles. The van der Waals surface area contributed by atoms with Crippen molar-refractivity contribution in [2.24, 2.45) is 11.5 Å². The molecule has 0 aliphatic carbocycles. The molecular weight excluding hydrogens is 714 g/mol. The van der Waals surface area contributed by atoms with E-state index in [0.717, 1.165) is 38.5 Å². The number of carboxylic acids is 1. The molecule has 13 N–H and O–H groups in total. The van der Waals surface area contributed by atoms with E-state index in [-0.39, 0.29) is 38.1 Å². The predicted octanol–water partition coefficient (Wildman–Crippen LogP) is 0.374. The minimum absolute atomic E-state index is 0.0346. The molecule has 55 heavy (non-hydrogen) atoms. The number of hydrogen-bond acceptors (Lipinski definition) is 11. The maximum atomic E-state index is 13.4. The molecule has 0 aromatic carbocycles. The minimum atomic E-state index is -1.68. The fraction of sp³-hybridized carbons (Fsp3) is 0.789. The third kappa shape index (κ3) is 23.8. The number of amides is 5. The topological polar surface area (TPSA) is 296 Å². The van der Waals surface area contributed by atoms with E-state index in [2.05, 4.69) is 45.7 Å². The molecule has 17 nitrogen and oxygen atoms in total. The molecule has 0 aromatic heterocycles. The number of nitrogens with one attached hydrogen (secondary N) is 5. The van der Waals surface area contributed by atoms with Gasteiger partial charge in [-0.25, -0.2) is 4.79 Å². The number of carboxylic acid groups (broad SMARTS) is 1. The van der Waals surface area contributed by atoms with E-state index in [1.807, 2.05) is 0 Å². The second kappa shape index (κ2) is 31.6. The van der Waals surface area contributed by atoms with Crippen LogP contribution in [0.2, 0.25) is 0 Å². The molecule has 0 radical (unpaired) electrons. The lowest BCUT2D eigenvalue weighted by atomic mass is 10.0. The largest absolute Gasteiger partial charge is 0.480 e. The Labute approximate surface area is 326 Å². The van der Waals surface area contributed by atoms with Crippen LogP contribution in [0.1, 0.15) is 130 Å². The summed E-state index contributed by atoms with van der Waals surface area (Å²) in [4.78, 5) is 77.0. The van der Waals surface area contributed by atoms with Gasteiger partial charge in [0.1, 0.15) is 30.2 Å². The van der Waals surface area contributed by atoms with Crippen molar-refractivity contribution >= 4 is 35.5 Å². The van der Waals surface area contributed by atoms with E-state index >= 15 is 0 Å². The molecular formula is C38H71N7O10. The number of aliphatic hydroxyl groups is 3. The Kier molecular flexibility index (Phi) is 29.5. The zero-order valence-electron chi connectivity index (χ0n) is 33.2. The Hall–Kier alpha value is -3.64. The number of aliphatic carboxylic acids is 1. The molecule has 0 aliphatic rings. The summed E-state index contributed by atoms with van der Waals surface area (Å²) in [6.07, 6.45) is 15.1. The molecule has 0 unspecified atom stereocenters. The van der Waals surface area contributed by atoms with Gasteiger partial charge < -0.3 is 58.5 Å². The van der Waals surface area contributed by atoms with Gasteiger partial charge in [-0.1, -0.05) is 57.6 Å². The molecule has 0 heterocycles. The minimum Gasteiger partial charge on any atom is -0.480 e. The van der Waals surface area contributed by atoms with Gasteiger partial charge in [0.15, 0.2) is 0 Å². The van der Waals surface area contributed by atoms with Crippen LogP contribution in [0, 0.1) is 0 Å². The van der Waals surface area contributed by atoms with Crippen molar-refractivity contribution in [3.8, 4) is 0 Å². The molecule has 7 atom stereocenters. The summed E-state index contributed by atoms with van der Waals surface area (Å²) >= 11 is 0. The van der Waals surface area contributed by atoms with Crippen molar-refractivity contribution in [3.05, 3.63) is 12.2 Å². The zero-order chi connectivity index (χ0) is 41.6. The van der Waals surface area contributed by atoms with E-state index in [0.29, 0.717) is 25.8 Å². The van der Waals surface area contributed by atoms with Gasteiger partial charge >= 0.3 is 5.97 Å². The van der Waals surface area contributed by atoms with E-state index in [9.17, 15) is 49.2 Å². The highest BCUT2D eigenvalue weighted by Crippen LogP contribution is 2.11. The maximum absolute atomic E-state index is 13.4. The molecule has 0 saturated carbocycles. The van der Waals surface area contributed by atoms with Gasteiger partial charge in [-0.2, -0.15) is 0 Å². The highest BCUT2D eigenvalue weighted by molar-refractivity contribution is 5.96. The standard InChI is InChI=1S/C38H71N7O10/c1-4-5-6-7-8-9-10-11-12-13-14-15-16-22-31(49)41-28(20-17-18-23-39)35(51)44-33(27(3)48)37(53)45-32(26(2)47)36(52)42-29(21-19-24-40)34(50)43-30(25-46)38(54)55/h9-10,26-30,32-33,46-48H,4-8,11-25,39-40H2,1-3H3,(H,41,49)(H,42,52)(H,43,50)(H,44,51)(H,45,53)(H,54,55)/b10-9-/t26-,27-,28+,29+,30+,32+,33+/m1/s1. The van der Waals surface area contributed by atoms with Gasteiger partial charge in [-0.15, -0.1) is 0 Å². The number of carbonyl (C=O) groups is 6. The van der Waals surface area contributed by atoms with Gasteiger partial charge in [0.2, 0.25) is 29.5 Å². The van der Waals surface area contributed by atoms with Crippen molar-refractivity contribution in [1.29, 1.82) is 0 Å². The summed E-state index contributed by atoms with van der Waals surface area (Å²) in [5, 5.41) is 51.3. The Balaban J connectivity index is 5.37. The van der Waals surface area contributed by atoms with Gasteiger partial charge in [0.05, 0.1) is 18.8 Å². The first-order chi connectivity index (χ1) is 26.2. The Morgan fingerprint density at radius 2 is 1.02 bits per heavy atom. The first-order valence-corrected chi connectivity index (χ1v) is 20.0. The van der Waals surface area contributed by atoms with E-state index in [1.54, 1.807) is 0 Å². The monoisotopic (exact) mass is 786 g/mol. The molecule has 0 aromatic rings. The van der Waals surface area contributed by atoms with Crippen LogP contribution in [-0.4, -0.2) is 118 Å². The maximum Gasteiger partial charge on any atom is 0.328 e. The van der Waals surface area contributed by atoms with Crippen molar-refractivity contribution in [1.82, 2.24) is 26.6 Å². The SMILES string of the molecule is CCCCCC/C=C\CCCCCCCC(=O)N[C@@H](CCCCN)C(=O)N[C@H](C(=O)N[C@H](C(=O)N[C@@H](CCCN)C(=O)N[C@@H](CO)C(=O)O)[C@@H](C)O)[C@@H](C)O. The highest BCUT2D eigenvalue weighted by Gasteiger charge is 2.35. The second-order valence-corrected chi connectivity index (χ2v) is 14.1. The molecule has 5 amide bonds. The molecule has 0 rings (SSSR count). The summed E-state index contributed by atoms with van der Waals surface area (Å²) in [7, 11) is 0. The van der Waals surface area contributed by atoms with Gasteiger partial charge in [-0.3, -0.25) is 24.0 Å². The lowest BCUT2D eigenvalue weighted by Crippen LogP contribution is -2.62. The molecule has 0 fully saturated rings. The zero-order valence-corrected chi connectivity index (χ0v) is 33.2. The second-order valence-electron chi connectivity index (χ2n) is 14.1. The number of nitrogens with two attached hydrogens (primary N) is 2. The number of rotatable bonds is 33. The number of allylic oxidation sites excluding steroid dienone is 2. The lowest BCUT2D eigenvalue weighted by molar-refractivity contribution is -0.143. The third-order valence-corrected chi connectivity index (χ3v) is 9.02. The predicted molar refractivity (Wildman–Crippen MR) is 209 cm³/mol. The van der Waals surface area contributed by atoms with Crippen molar-refractivity contribution < 1.29 is 49.2 Å². The van der Waals surface area contributed by atoms with Crippen LogP contribution in [0.25, 0.3) is 0 Å². The fourth-order valence-electron chi connectivity index (χ4n) is 5.65. The third-order valence-electron chi connectivity index (χ3n) is 9.02. The molecule has 0 saturated heterocycles. The smallest absolute Gasteiger partial charge is 0.328 e. The Bertz CT molecular complexity index is 1150. The summed E-state index contributed by atoms with van der Waals surface area (Å²) in [5.41, 5.74) is 11.2. The quantitative estimate of drug-likeness (QED) is 0.0318.